The molecule has 4 rings (SSSR count). The summed E-state index contributed by atoms with van der Waals surface area (Å²) in [4.78, 5) is 4.69. The van der Waals surface area contributed by atoms with E-state index in [4.69, 9.17) is 10.3 Å². The van der Waals surface area contributed by atoms with Crippen molar-refractivity contribution in [3.63, 3.8) is 0 Å². The van der Waals surface area contributed by atoms with Gasteiger partial charge in [0.25, 0.3) is 0 Å². The van der Waals surface area contributed by atoms with Crippen molar-refractivity contribution in [3.8, 4) is 11.4 Å². The van der Waals surface area contributed by atoms with Gasteiger partial charge < -0.3 is 10.3 Å². The van der Waals surface area contributed by atoms with Crippen LogP contribution in [0.2, 0.25) is 0 Å². The van der Waals surface area contributed by atoms with Crippen molar-refractivity contribution in [3.05, 3.63) is 53.2 Å². The normalized spacial score (nSPS) is 22.9. The van der Waals surface area contributed by atoms with Crippen LogP contribution in [0.3, 0.4) is 0 Å². The molecular weight excluding hydrogens is 338 g/mol. The topological polar surface area (TPSA) is 82.8 Å². The van der Waals surface area contributed by atoms with E-state index in [2.05, 4.69) is 47.3 Å². The SMILES string of the molecule is Cc1cc(C)n(Cc2cccc(-c3noc(C4CCCCC4(C)N)n3)c2)n1. The van der Waals surface area contributed by atoms with Crippen molar-refractivity contribution < 1.29 is 4.52 Å². The maximum atomic E-state index is 6.49. The molecular formula is C21H27N5O. The Balaban J connectivity index is 1.58. The first-order valence-corrected chi connectivity index (χ1v) is 9.65. The second-order valence-electron chi connectivity index (χ2n) is 8.05. The Hall–Kier alpha value is -2.47. The number of rotatable bonds is 4. The largest absolute Gasteiger partial charge is 0.339 e. The van der Waals surface area contributed by atoms with Gasteiger partial charge in [-0.1, -0.05) is 36.2 Å². The van der Waals surface area contributed by atoms with Gasteiger partial charge in [0.15, 0.2) is 0 Å². The summed E-state index contributed by atoms with van der Waals surface area (Å²) in [5.74, 6) is 1.42. The van der Waals surface area contributed by atoms with E-state index in [-0.39, 0.29) is 11.5 Å². The van der Waals surface area contributed by atoms with Crippen molar-refractivity contribution in [2.24, 2.45) is 5.73 Å². The third-order valence-corrected chi connectivity index (χ3v) is 5.62. The summed E-state index contributed by atoms with van der Waals surface area (Å²) in [7, 11) is 0. The van der Waals surface area contributed by atoms with E-state index < -0.39 is 0 Å². The Morgan fingerprint density at radius 1 is 1.26 bits per heavy atom. The molecule has 0 saturated heterocycles. The Kier molecular flexibility index (Phi) is 4.60. The zero-order valence-electron chi connectivity index (χ0n) is 16.3. The first-order chi connectivity index (χ1) is 12.9. The molecule has 2 aromatic heterocycles. The zero-order chi connectivity index (χ0) is 19.0. The van der Waals surface area contributed by atoms with Crippen LogP contribution in [-0.4, -0.2) is 25.5 Å². The van der Waals surface area contributed by atoms with Crippen molar-refractivity contribution in [2.45, 2.75) is 64.5 Å². The summed E-state index contributed by atoms with van der Waals surface area (Å²) in [6.07, 6.45) is 4.33. The summed E-state index contributed by atoms with van der Waals surface area (Å²) >= 11 is 0. The van der Waals surface area contributed by atoms with Gasteiger partial charge in [0.1, 0.15) is 0 Å². The van der Waals surface area contributed by atoms with E-state index >= 15 is 0 Å². The molecule has 0 spiro atoms. The maximum absolute atomic E-state index is 6.49. The Morgan fingerprint density at radius 2 is 2.11 bits per heavy atom. The van der Waals surface area contributed by atoms with Crippen LogP contribution in [0.1, 0.15) is 61.4 Å². The van der Waals surface area contributed by atoms with Gasteiger partial charge in [0.05, 0.1) is 18.2 Å². The van der Waals surface area contributed by atoms with Crippen molar-refractivity contribution >= 4 is 0 Å². The highest BCUT2D eigenvalue weighted by Crippen LogP contribution is 2.38. The third-order valence-electron chi connectivity index (χ3n) is 5.62. The van der Waals surface area contributed by atoms with Gasteiger partial charge >= 0.3 is 0 Å². The van der Waals surface area contributed by atoms with Crippen LogP contribution in [0.15, 0.2) is 34.9 Å². The monoisotopic (exact) mass is 365 g/mol. The van der Waals surface area contributed by atoms with Crippen LogP contribution in [0, 0.1) is 13.8 Å². The Bertz CT molecular complexity index is 940. The van der Waals surface area contributed by atoms with Crippen LogP contribution in [0.25, 0.3) is 11.4 Å². The van der Waals surface area contributed by atoms with Gasteiger partial charge in [-0.3, -0.25) is 4.68 Å². The summed E-state index contributed by atoms with van der Waals surface area (Å²) in [6.45, 7) is 6.90. The summed E-state index contributed by atoms with van der Waals surface area (Å²) in [6, 6.07) is 10.3. The Labute approximate surface area is 159 Å². The molecule has 142 valence electrons. The molecule has 1 aliphatic carbocycles. The molecule has 2 atom stereocenters. The minimum absolute atomic E-state index is 0.130. The summed E-state index contributed by atoms with van der Waals surface area (Å²) < 4.78 is 7.63. The molecule has 1 aromatic carbocycles. The molecule has 2 unspecified atom stereocenters. The number of aromatic nitrogens is 4. The van der Waals surface area contributed by atoms with Crippen LogP contribution in [0.4, 0.5) is 0 Å². The number of nitrogens with two attached hydrogens (primary N) is 1. The molecule has 1 fully saturated rings. The maximum Gasteiger partial charge on any atom is 0.231 e. The van der Waals surface area contributed by atoms with E-state index in [1.165, 1.54) is 6.42 Å². The zero-order valence-corrected chi connectivity index (χ0v) is 16.3. The fourth-order valence-electron chi connectivity index (χ4n) is 4.07. The lowest BCUT2D eigenvalue weighted by molar-refractivity contribution is 0.223. The molecule has 1 aliphatic rings. The number of aryl methyl sites for hydroxylation is 2. The third kappa shape index (κ3) is 3.67. The average molecular weight is 365 g/mol. The van der Waals surface area contributed by atoms with Gasteiger partial charge in [-0.25, -0.2) is 0 Å². The molecule has 0 radical (unpaired) electrons. The molecule has 0 aliphatic heterocycles. The number of benzene rings is 1. The highest BCUT2D eigenvalue weighted by molar-refractivity contribution is 5.55. The molecule has 0 amide bonds. The van der Waals surface area contributed by atoms with E-state index in [0.717, 1.165) is 48.3 Å². The number of nitrogens with zero attached hydrogens (tertiary/aromatic N) is 4. The second kappa shape index (κ2) is 6.93. The predicted octanol–water partition coefficient (Wildman–Crippen LogP) is 3.97. The van der Waals surface area contributed by atoms with Gasteiger partial charge in [-0.2, -0.15) is 10.1 Å². The first kappa shape index (κ1) is 17.9. The molecule has 2 N–H and O–H groups in total. The van der Waals surface area contributed by atoms with E-state index in [0.29, 0.717) is 11.7 Å². The van der Waals surface area contributed by atoms with Gasteiger partial charge in [0, 0.05) is 16.8 Å². The van der Waals surface area contributed by atoms with Crippen molar-refractivity contribution in [2.75, 3.05) is 0 Å². The van der Waals surface area contributed by atoms with Gasteiger partial charge in [0.2, 0.25) is 11.7 Å². The van der Waals surface area contributed by atoms with Crippen LogP contribution < -0.4 is 5.73 Å². The van der Waals surface area contributed by atoms with Gasteiger partial charge in [-0.15, -0.1) is 0 Å². The second-order valence-corrected chi connectivity index (χ2v) is 8.05. The predicted molar refractivity (Wildman–Crippen MR) is 104 cm³/mol. The van der Waals surface area contributed by atoms with Crippen molar-refractivity contribution in [1.29, 1.82) is 0 Å². The fraction of sp³-hybridized carbons (Fsp3) is 0.476. The van der Waals surface area contributed by atoms with E-state index in [1.807, 2.05) is 23.7 Å². The highest BCUT2D eigenvalue weighted by atomic mass is 16.5. The lowest BCUT2D eigenvalue weighted by Crippen LogP contribution is -2.44. The smallest absolute Gasteiger partial charge is 0.231 e. The minimum atomic E-state index is -0.278. The quantitative estimate of drug-likeness (QED) is 0.756. The van der Waals surface area contributed by atoms with E-state index in [9.17, 15) is 0 Å². The lowest BCUT2D eigenvalue weighted by atomic mass is 9.74. The number of hydrogen-bond acceptors (Lipinski definition) is 5. The number of hydrogen-bond donors (Lipinski definition) is 1. The van der Waals surface area contributed by atoms with E-state index in [1.54, 1.807) is 0 Å². The molecule has 6 nitrogen and oxygen atoms in total. The molecule has 2 heterocycles. The van der Waals surface area contributed by atoms with Crippen LogP contribution >= 0.6 is 0 Å². The molecule has 27 heavy (non-hydrogen) atoms. The summed E-state index contributed by atoms with van der Waals surface area (Å²) in [5.41, 5.74) is 10.5. The minimum Gasteiger partial charge on any atom is -0.339 e. The Morgan fingerprint density at radius 3 is 2.85 bits per heavy atom. The van der Waals surface area contributed by atoms with Crippen LogP contribution in [-0.2, 0) is 6.54 Å². The van der Waals surface area contributed by atoms with Crippen molar-refractivity contribution in [1.82, 2.24) is 19.9 Å². The standard InChI is InChI=1S/C21H27N5O/c1-14-11-15(2)26(24-14)13-16-7-6-8-17(12-16)19-23-20(27-25-19)18-9-4-5-10-21(18,3)22/h6-8,11-12,18H,4-5,9-10,13,22H2,1-3H3. The lowest BCUT2D eigenvalue weighted by Gasteiger charge is -2.35. The van der Waals surface area contributed by atoms with Gasteiger partial charge in [-0.05, 0) is 51.3 Å². The first-order valence-electron chi connectivity index (χ1n) is 9.65. The molecule has 1 saturated carbocycles. The molecule has 6 heteroatoms. The molecule has 3 aromatic rings. The highest BCUT2D eigenvalue weighted by Gasteiger charge is 2.37. The molecule has 0 bridgehead atoms. The average Bonchev–Trinajstić information content (AvgIpc) is 3.22. The van der Waals surface area contributed by atoms with Crippen LogP contribution in [0.5, 0.6) is 0 Å². The summed E-state index contributed by atoms with van der Waals surface area (Å²) in [5, 5.41) is 8.78. The fourth-order valence-corrected chi connectivity index (χ4v) is 4.07.